The van der Waals surface area contributed by atoms with E-state index in [0.717, 1.165) is 46.3 Å². The average molecular weight is 437 g/mol. The highest BCUT2D eigenvalue weighted by Gasteiger charge is 2.26. The third-order valence-corrected chi connectivity index (χ3v) is 5.85. The summed E-state index contributed by atoms with van der Waals surface area (Å²) in [7, 11) is 0. The molecule has 1 saturated heterocycles. The van der Waals surface area contributed by atoms with Gasteiger partial charge in [0.15, 0.2) is 5.49 Å². The van der Waals surface area contributed by atoms with Gasteiger partial charge in [-0.2, -0.15) is 10.6 Å². The number of imidazole rings is 1. The molecule has 2 atom stereocenters. The first-order valence-corrected chi connectivity index (χ1v) is 10.5. The van der Waals surface area contributed by atoms with Gasteiger partial charge >= 0.3 is 0 Å². The topological polar surface area (TPSA) is 117 Å². The van der Waals surface area contributed by atoms with Gasteiger partial charge in [0.05, 0.1) is 35.4 Å². The smallest absolute Gasteiger partial charge is 0.170 e. The van der Waals surface area contributed by atoms with Crippen molar-refractivity contribution in [3.8, 4) is 0 Å². The highest BCUT2D eigenvalue weighted by molar-refractivity contribution is 6.31. The van der Waals surface area contributed by atoms with Gasteiger partial charge in [-0.3, -0.25) is 10.1 Å². The lowest BCUT2D eigenvalue weighted by Crippen LogP contribution is -2.26. The SMILES string of the molecule is C[C@@H]1CC(n2c(Cc3cc/c(=N/N=N)[nH]n3)nc3cnc4ccc(Cl)cc4c32)CCO1. The summed E-state index contributed by atoms with van der Waals surface area (Å²) in [4.78, 5) is 9.52. The van der Waals surface area contributed by atoms with Crippen molar-refractivity contribution in [3.05, 3.63) is 58.6 Å². The Hall–Kier alpha value is -3.17. The number of nitrogens with zero attached hydrogens (tertiary/aromatic N) is 6. The van der Waals surface area contributed by atoms with Crippen molar-refractivity contribution in [1.82, 2.24) is 24.7 Å². The molecule has 10 heteroatoms. The predicted octanol–water partition coefficient (Wildman–Crippen LogP) is 4.14. The molecule has 1 unspecified atom stereocenters. The van der Waals surface area contributed by atoms with E-state index in [1.807, 2.05) is 30.5 Å². The number of benzene rings is 1. The number of halogens is 1. The third kappa shape index (κ3) is 3.82. The van der Waals surface area contributed by atoms with Gasteiger partial charge < -0.3 is 9.30 Å². The molecule has 5 rings (SSSR count). The molecule has 0 bridgehead atoms. The number of H-pyrrole nitrogens is 1. The summed E-state index contributed by atoms with van der Waals surface area (Å²) in [6, 6.07) is 9.63. The van der Waals surface area contributed by atoms with E-state index in [-0.39, 0.29) is 12.1 Å². The zero-order valence-electron chi connectivity index (χ0n) is 16.9. The van der Waals surface area contributed by atoms with Crippen LogP contribution < -0.4 is 5.49 Å². The minimum absolute atomic E-state index is 0.182. The van der Waals surface area contributed by atoms with Gasteiger partial charge in [0.2, 0.25) is 0 Å². The maximum absolute atomic E-state index is 6.85. The van der Waals surface area contributed by atoms with Crippen molar-refractivity contribution in [1.29, 1.82) is 5.53 Å². The molecule has 1 aliphatic heterocycles. The van der Waals surface area contributed by atoms with Gasteiger partial charge in [0.25, 0.3) is 0 Å². The second-order valence-corrected chi connectivity index (χ2v) is 8.16. The van der Waals surface area contributed by atoms with E-state index in [1.54, 1.807) is 6.07 Å². The molecule has 0 spiro atoms. The summed E-state index contributed by atoms with van der Waals surface area (Å²) in [6.07, 6.45) is 4.37. The lowest BCUT2D eigenvalue weighted by atomic mass is 10.0. The van der Waals surface area contributed by atoms with E-state index in [0.29, 0.717) is 23.5 Å². The van der Waals surface area contributed by atoms with Crippen LogP contribution in [0, 0.1) is 5.53 Å². The number of hydrogen-bond donors (Lipinski definition) is 2. The van der Waals surface area contributed by atoms with Gasteiger partial charge in [-0.25, -0.2) is 4.98 Å². The molecule has 0 saturated carbocycles. The van der Waals surface area contributed by atoms with Crippen LogP contribution in [0.15, 0.2) is 46.9 Å². The maximum Gasteiger partial charge on any atom is 0.170 e. The molecule has 158 valence electrons. The van der Waals surface area contributed by atoms with Crippen LogP contribution in [0.5, 0.6) is 0 Å². The van der Waals surface area contributed by atoms with Crippen LogP contribution in [-0.2, 0) is 11.2 Å². The van der Waals surface area contributed by atoms with Crippen molar-refractivity contribution in [3.63, 3.8) is 0 Å². The van der Waals surface area contributed by atoms with Gasteiger partial charge in [0, 0.05) is 23.1 Å². The Morgan fingerprint density at radius 2 is 2.19 bits per heavy atom. The van der Waals surface area contributed by atoms with Gasteiger partial charge in [-0.1, -0.05) is 16.8 Å². The molecule has 0 amide bonds. The summed E-state index contributed by atoms with van der Waals surface area (Å²) >= 11 is 6.34. The summed E-state index contributed by atoms with van der Waals surface area (Å²) < 4.78 is 8.13. The fourth-order valence-corrected chi connectivity index (χ4v) is 4.44. The summed E-state index contributed by atoms with van der Waals surface area (Å²) in [5.41, 5.74) is 10.9. The quantitative estimate of drug-likeness (QED) is 0.369. The van der Waals surface area contributed by atoms with E-state index in [4.69, 9.17) is 26.9 Å². The van der Waals surface area contributed by atoms with Crippen LogP contribution in [0.4, 0.5) is 0 Å². The number of hydrogen-bond acceptors (Lipinski definition) is 6. The summed E-state index contributed by atoms with van der Waals surface area (Å²) in [6.45, 7) is 2.82. The molecule has 1 aromatic carbocycles. The number of aromatic nitrogens is 5. The molecule has 0 aliphatic carbocycles. The second-order valence-electron chi connectivity index (χ2n) is 7.72. The Labute approximate surface area is 182 Å². The molecule has 4 aromatic rings. The minimum atomic E-state index is 0.182. The van der Waals surface area contributed by atoms with Crippen molar-refractivity contribution < 1.29 is 4.74 Å². The monoisotopic (exact) mass is 436 g/mol. The highest BCUT2D eigenvalue weighted by Crippen LogP contribution is 2.34. The highest BCUT2D eigenvalue weighted by atomic mass is 35.5. The van der Waals surface area contributed by atoms with Crippen LogP contribution in [0.1, 0.15) is 37.3 Å². The second kappa shape index (κ2) is 8.16. The lowest BCUT2D eigenvalue weighted by molar-refractivity contribution is 0.00631. The first kappa shape index (κ1) is 19.8. The van der Waals surface area contributed by atoms with Crippen LogP contribution >= 0.6 is 11.6 Å². The van der Waals surface area contributed by atoms with E-state index in [1.165, 1.54) is 0 Å². The van der Waals surface area contributed by atoms with Crippen molar-refractivity contribution in [2.75, 3.05) is 6.61 Å². The predicted molar refractivity (Wildman–Crippen MR) is 116 cm³/mol. The molecule has 3 aromatic heterocycles. The number of ether oxygens (including phenoxy) is 1. The average Bonchev–Trinajstić information content (AvgIpc) is 3.14. The fourth-order valence-electron chi connectivity index (χ4n) is 4.27. The Bertz CT molecular complexity index is 1320. The Balaban J connectivity index is 1.68. The molecular weight excluding hydrogens is 416 g/mol. The number of nitrogens with one attached hydrogen (secondary N) is 2. The number of rotatable bonds is 4. The molecule has 1 fully saturated rings. The van der Waals surface area contributed by atoms with Gasteiger partial charge in [-0.15, -0.1) is 5.10 Å². The normalized spacial score (nSPS) is 19.9. The lowest BCUT2D eigenvalue weighted by Gasteiger charge is -2.30. The first-order chi connectivity index (χ1) is 15.1. The largest absolute Gasteiger partial charge is 0.378 e. The number of pyridine rings is 1. The van der Waals surface area contributed by atoms with E-state index >= 15 is 0 Å². The molecular formula is C21H21ClN8O. The van der Waals surface area contributed by atoms with Crippen molar-refractivity contribution in [2.24, 2.45) is 10.3 Å². The molecule has 31 heavy (non-hydrogen) atoms. The maximum atomic E-state index is 6.85. The number of fused-ring (bicyclic) bond motifs is 3. The molecule has 0 radical (unpaired) electrons. The molecule has 2 N–H and O–H groups in total. The standard InChI is InChI=1S/C21H21ClN8O/c1-12-8-15(6-7-31-12)30-20(10-14-3-5-19(27-26-14)28-29-23)25-18-11-24-17-4-2-13(22)9-16(17)21(18)30/h2-5,9,11-12,15H,6-8,10H2,1H3,(H2,23,27,28)/t12-,15?/m1/s1. The van der Waals surface area contributed by atoms with Crippen LogP contribution in [-0.4, -0.2) is 37.4 Å². The third-order valence-electron chi connectivity index (χ3n) is 5.62. The molecule has 9 nitrogen and oxygen atoms in total. The number of aromatic amines is 1. The Morgan fingerprint density at radius 3 is 2.97 bits per heavy atom. The van der Waals surface area contributed by atoms with Crippen molar-refractivity contribution >= 4 is 33.5 Å². The fraction of sp³-hybridized carbons (Fsp3) is 0.333. The Kier molecular flexibility index (Phi) is 5.21. The van der Waals surface area contributed by atoms with Crippen LogP contribution in [0.2, 0.25) is 5.02 Å². The van der Waals surface area contributed by atoms with Crippen molar-refractivity contribution in [2.45, 2.75) is 38.3 Å². The van der Waals surface area contributed by atoms with E-state index < -0.39 is 0 Å². The van der Waals surface area contributed by atoms with E-state index in [9.17, 15) is 0 Å². The zero-order valence-corrected chi connectivity index (χ0v) is 17.7. The first-order valence-electron chi connectivity index (χ1n) is 10.1. The van der Waals surface area contributed by atoms with E-state index in [2.05, 4.69) is 37.0 Å². The Morgan fingerprint density at radius 1 is 1.29 bits per heavy atom. The summed E-state index contributed by atoms with van der Waals surface area (Å²) in [5.74, 6) is 0.916. The van der Waals surface area contributed by atoms with Gasteiger partial charge in [0.1, 0.15) is 11.3 Å². The summed E-state index contributed by atoms with van der Waals surface area (Å²) in [5, 5.41) is 15.5. The van der Waals surface area contributed by atoms with Crippen LogP contribution in [0.3, 0.4) is 0 Å². The van der Waals surface area contributed by atoms with Crippen LogP contribution in [0.25, 0.3) is 21.9 Å². The molecule has 1 aliphatic rings. The molecule has 4 heterocycles. The zero-order chi connectivity index (χ0) is 21.4. The van der Waals surface area contributed by atoms with Gasteiger partial charge in [-0.05, 0) is 50.1 Å². The minimum Gasteiger partial charge on any atom is -0.378 e.